The molecule has 3 rings (SSSR count). The molecule has 32 heavy (non-hydrogen) atoms. The molecule has 0 amide bonds. The lowest BCUT2D eigenvalue weighted by atomic mass is 10.1. The van der Waals surface area contributed by atoms with Crippen LogP contribution in [-0.4, -0.2) is 60.6 Å². The van der Waals surface area contributed by atoms with Crippen LogP contribution >= 0.6 is 0 Å². The summed E-state index contributed by atoms with van der Waals surface area (Å²) >= 11 is 0. The van der Waals surface area contributed by atoms with Crippen molar-refractivity contribution >= 4 is 23.4 Å². The van der Waals surface area contributed by atoms with Gasteiger partial charge >= 0.3 is 6.18 Å². The second kappa shape index (κ2) is 9.72. The minimum Gasteiger partial charge on any atom is -0.366 e. The molecule has 0 saturated carbocycles. The highest BCUT2D eigenvalue weighted by atomic mass is 19.4. The third-order valence-corrected chi connectivity index (χ3v) is 5.65. The molecule has 7 nitrogen and oxygen atoms in total. The Kier molecular flexibility index (Phi) is 7.22. The number of benzene rings is 1. The van der Waals surface area contributed by atoms with Crippen LogP contribution in [0.5, 0.6) is 0 Å². The number of likely N-dealkylation sites (N-methyl/N-ethyl adjacent to an activating group) is 1. The zero-order chi connectivity index (χ0) is 23.5. The third kappa shape index (κ3) is 5.48. The van der Waals surface area contributed by atoms with Gasteiger partial charge in [-0.25, -0.2) is 4.98 Å². The second-order valence-electron chi connectivity index (χ2n) is 8.03. The van der Waals surface area contributed by atoms with Gasteiger partial charge in [-0.1, -0.05) is 19.1 Å². The maximum Gasteiger partial charge on any atom is 0.418 e. The summed E-state index contributed by atoms with van der Waals surface area (Å²) in [6, 6.07) is 7.31. The molecule has 1 aromatic heterocycles. The van der Waals surface area contributed by atoms with Crippen LogP contribution in [0.3, 0.4) is 0 Å². The van der Waals surface area contributed by atoms with E-state index in [1.54, 1.807) is 7.05 Å². The number of aryl methyl sites for hydroxylation is 1. The number of piperidine rings is 1. The van der Waals surface area contributed by atoms with Gasteiger partial charge in [0.2, 0.25) is 11.9 Å². The molecule has 0 aliphatic carbocycles. The van der Waals surface area contributed by atoms with E-state index in [4.69, 9.17) is 5.41 Å². The Morgan fingerprint density at radius 3 is 2.62 bits per heavy atom. The molecule has 0 spiro atoms. The first kappa shape index (κ1) is 23.8. The van der Waals surface area contributed by atoms with Gasteiger partial charge in [0.1, 0.15) is 5.82 Å². The number of guanidine groups is 1. The van der Waals surface area contributed by atoms with Gasteiger partial charge in [0, 0.05) is 38.4 Å². The molecule has 1 saturated heterocycles. The third-order valence-electron chi connectivity index (χ3n) is 5.65. The van der Waals surface area contributed by atoms with Crippen molar-refractivity contribution in [2.75, 3.05) is 48.8 Å². The van der Waals surface area contributed by atoms with E-state index in [2.05, 4.69) is 27.1 Å². The predicted molar refractivity (Wildman–Crippen MR) is 122 cm³/mol. The number of rotatable bonds is 5. The molecule has 174 valence electrons. The smallest absolute Gasteiger partial charge is 0.366 e. The van der Waals surface area contributed by atoms with Crippen LogP contribution in [0.1, 0.15) is 31.0 Å². The number of halogens is 3. The first-order chi connectivity index (χ1) is 15.1. The number of alkyl halides is 3. The molecule has 2 aromatic rings. The maximum absolute atomic E-state index is 13.4. The van der Waals surface area contributed by atoms with Gasteiger partial charge in [0.05, 0.1) is 11.3 Å². The van der Waals surface area contributed by atoms with Crippen molar-refractivity contribution < 1.29 is 13.2 Å². The summed E-state index contributed by atoms with van der Waals surface area (Å²) in [4.78, 5) is 13.9. The van der Waals surface area contributed by atoms with Gasteiger partial charge in [-0.15, -0.1) is 0 Å². The fourth-order valence-electron chi connectivity index (χ4n) is 3.89. The molecule has 1 aliphatic heterocycles. The lowest BCUT2D eigenvalue weighted by Gasteiger charge is -2.33. The van der Waals surface area contributed by atoms with Crippen molar-refractivity contribution in [3.63, 3.8) is 0 Å². The molecule has 2 N–H and O–H groups in total. The van der Waals surface area contributed by atoms with Crippen molar-refractivity contribution in [3.8, 4) is 0 Å². The van der Waals surface area contributed by atoms with Gasteiger partial charge in [0.15, 0.2) is 0 Å². The van der Waals surface area contributed by atoms with E-state index >= 15 is 0 Å². The Labute approximate surface area is 186 Å². The van der Waals surface area contributed by atoms with Crippen LogP contribution < -0.4 is 15.1 Å². The van der Waals surface area contributed by atoms with Crippen LogP contribution in [0.25, 0.3) is 0 Å². The van der Waals surface area contributed by atoms with E-state index in [9.17, 15) is 13.2 Å². The second-order valence-corrected chi connectivity index (χ2v) is 8.03. The van der Waals surface area contributed by atoms with Crippen LogP contribution in [0, 0.1) is 12.3 Å². The van der Waals surface area contributed by atoms with Gasteiger partial charge in [-0.05, 0) is 45.0 Å². The molecule has 1 aromatic carbocycles. The Bertz CT molecular complexity index is 947. The average molecular weight is 450 g/mol. The predicted octanol–water partition coefficient (Wildman–Crippen LogP) is 4.21. The highest BCUT2D eigenvalue weighted by molar-refractivity contribution is 6.04. The van der Waals surface area contributed by atoms with E-state index < -0.39 is 11.7 Å². The Hall–Kier alpha value is -2.88. The number of anilines is 3. The van der Waals surface area contributed by atoms with Crippen molar-refractivity contribution in [1.29, 1.82) is 5.41 Å². The molecule has 1 fully saturated rings. The number of nitrogens with zero attached hydrogens (tertiary/aromatic N) is 5. The summed E-state index contributed by atoms with van der Waals surface area (Å²) in [7, 11) is 3.01. The molecule has 1 aliphatic rings. The van der Waals surface area contributed by atoms with E-state index in [-0.39, 0.29) is 23.6 Å². The van der Waals surface area contributed by atoms with Crippen LogP contribution in [-0.2, 0) is 6.18 Å². The lowest BCUT2D eigenvalue weighted by Crippen LogP contribution is -2.42. The highest BCUT2D eigenvalue weighted by Crippen LogP contribution is 2.36. The van der Waals surface area contributed by atoms with Crippen molar-refractivity contribution in [2.24, 2.45) is 0 Å². The number of para-hydroxylation sites is 1. The summed E-state index contributed by atoms with van der Waals surface area (Å²) in [5.41, 5.74) is -0.200. The summed E-state index contributed by atoms with van der Waals surface area (Å²) < 4.78 is 40.3. The molecule has 1 unspecified atom stereocenters. The van der Waals surface area contributed by atoms with Gasteiger partial charge in [-0.3, -0.25) is 10.3 Å². The molecule has 2 heterocycles. The average Bonchev–Trinajstić information content (AvgIpc) is 2.76. The maximum atomic E-state index is 13.4. The number of hydrogen-bond acceptors (Lipinski definition) is 5. The fourth-order valence-corrected chi connectivity index (χ4v) is 3.89. The first-order valence-electron chi connectivity index (χ1n) is 10.7. The topological polar surface area (TPSA) is 71.4 Å². The van der Waals surface area contributed by atoms with Crippen LogP contribution in [0.2, 0.25) is 0 Å². The summed E-state index contributed by atoms with van der Waals surface area (Å²) in [5, 5.41) is 12.0. The Balaban J connectivity index is 1.80. The van der Waals surface area contributed by atoms with E-state index in [1.165, 1.54) is 35.0 Å². The summed E-state index contributed by atoms with van der Waals surface area (Å²) in [6.07, 6.45) is -2.37. The molecule has 0 radical (unpaired) electrons. The van der Waals surface area contributed by atoms with Gasteiger partial charge in [-0.2, -0.15) is 18.2 Å². The minimum atomic E-state index is -4.52. The van der Waals surface area contributed by atoms with E-state index in [1.807, 2.05) is 13.0 Å². The van der Waals surface area contributed by atoms with Crippen molar-refractivity contribution in [1.82, 2.24) is 14.9 Å². The largest absolute Gasteiger partial charge is 0.418 e. The highest BCUT2D eigenvalue weighted by Gasteiger charge is 2.35. The van der Waals surface area contributed by atoms with Gasteiger partial charge in [0.25, 0.3) is 0 Å². The SMILES string of the molecule is CCN1CCCC(Nc2cc(C)nc(N(C)C(=N)N(C)c3ccccc3C(F)(F)F)n2)C1. The number of aromatic nitrogens is 2. The van der Waals surface area contributed by atoms with Crippen LogP contribution in [0.4, 0.5) is 30.6 Å². The minimum absolute atomic E-state index is 0.107. The zero-order valence-electron chi connectivity index (χ0n) is 18.9. The Morgan fingerprint density at radius 1 is 1.22 bits per heavy atom. The van der Waals surface area contributed by atoms with Crippen molar-refractivity contribution in [3.05, 3.63) is 41.6 Å². The number of nitrogens with one attached hydrogen (secondary N) is 2. The van der Waals surface area contributed by atoms with E-state index in [0.29, 0.717) is 11.5 Å². The molecule has 1 atom stereocenters. The van der Waals surface area contributed by atoms with Gasteiger partial charge < -0.3 is 15.1 Å². The zero-order valence-corrected chi connectivity index (χ0v) is 18.9. The van der Waals surface area contributed by atoms with Crippen LogP contribution in [0.15, 0.2) is 30.3 Å². The molecular weight excluding hydrogens is 419 g/mol. The normalized spacial score (nSPS) is 17.2. The van der Waals surface area contributed by atoms with Crippen molar-refractivity contribution in [2.45, 2.75) is 38.9 Å². The summed E-state index contributed by atoms with van der Waals surface area (Å²) in [5.74, 6) is 0.721. The fraction of sp³-hybridized carbons (Fsp3) is 0.500. The molecular formula is C22H30F3N7. The monoisotopic (exact) mass is 449 g/mol. The number of hydrogen-bond donors (Lipinski definition) is 2. The van der Waals surface area contributed by atoms with E-state index in [0.717, 1.165) is 38.5 Å². The lowest BCUT2D eigenvalue weighted by molar-refractivity contribution is -0.137. The summed E-state index contributed by atoms with van der Waals surface area (Å²) in [6.45, 7) is 6.99. The first-order valence-corrected chi connectivity index (χ1v) is 10.7. The standard InChI is InChI=1S/C22H30F3N7/c1-5-32-12-8-9-16(14-32)28-19-13-15(2)27-21(29-19)31(4)20(26)30(3)18-11-7-6-10-17(18)22(23,24)25/h6-7,10-11,13,16,26H,5,8-9,12,14H2,1-4H3,(H,27,28,29). The number of likely N-dealkylation sites (tertiary alicyclic amines) is 1. The molecule has 0 bridgehead atoms. The Morgan fingerprint density at radius 2 is 1.94 bits per heavy atom. The quantitative estimate of drug-likeness (QED) is 0.527. The molecule has 10 heteroatoms.